The fraction of sp³-hybridized carbons (Fsp3) is 0.370. The number of amides is 3. The quantitative estimate of drug-likeness (QED) is 0.464. The van der Waals surface area contributed by atoms with Crippen molar-refractivity contribution >= 4 is 28.5 Å². The van der Waals surface area contributed by atoms with Crippen molar-refractivity contribution in [1.82, 2.24) is 20.5 Å². The number of benzene rings is 2. The summed E-state index contributed by atoms with van der Waals surface area (Å²) >= 11 is 0. The third kappa shape index (κ3) is 6.93. The van der Waals surface area contributed by atoms with Gasteiger partial charge in [0.1, 0.15) is 5.75 Å². The number of nitrogens with one attached hydrogen (secondary N) is 3. The number of para-hydroxylation sites is 1. The minimum atomic E-state index is -0.221. The Labute approximate surface area is 206 Å². The Morgan fingerprint density at radius 3 is 2.57 bits per heavy atom. The van der Waals surface area contributed by atoms with Gasteiger partial charge in [-0.1, -0.05) is 30.3 Å². The Balaban J connectivity index is 1.15. The van der Waals surface area contributed by atoms with Crippen LogP contribution in [0.5, 0.6) is 5.75 Å². The van der Waals surface area contributed by atoms with Crippen molar-refractivity contribution in [2.45, 2.75) is 32.2 Å². The molecule has 1 aliphatic rings. The van der Waals surface area contributed by atoms with E-state index in [1.807, 2.05) is 61.5 Å². The lowest BCUT2D eigenvalue weighted by molar-refractivity contribution is -0.121. The molecule has 1 aliphatic heterocycles. The maximum Gasteiger partial charge on any atom is 0.319 e. The van der Waals surface area contributed by atoms with Gasteiger partial charge >= 0.3 is 6.03 Å². The number of fused-ring (bicyclic) bond motifs is 1. The topological polar surface area (TPSA) is 95.6 Å². The van der Waals surface area contributed by atoms with Gasteiger partial charge in [0, 0.05) is 43.3 Å². The molecular weight excluding hydrogens is 442 g/mol. The third-order valence-electron chi connectivity index (χ3n) is 6.28. The summed E-state index contributed by atoms with van der Waals surface area (Å²) in [6.45, 7) is 5.04. The van der Waals surface area contributed by atoms with Crippen LogP contribution < -0.4 is 20.7 Å². The molecule has 4 rings (SSSR count). The SMILES string of the molecule is COc1ccc(CC(=O)NC2CCN(CCNC(=O)Nc3cc(C)nc4ccccc34)CC2)cc1. The minimum absolute atomic E-state index is 0.0471. The number of carbonyl (C=O) groups excluding carboxylic acids is 2. The molecule has 184 valence electrons. The van der Waals surface area contributed by atoms with E-state index in [2.05, 4.69) is 25.8 Å². The number of likely N-dealkylation sites (tertiary alicyclic amines) is 1. The van der Waals surface area contributed by atoms with Gasteiger partial charge in [0.15, 0.2) is 0 Å². The molecule has 0 unspecified atom stereocenters. The molecule has 2 aromatic carbocycles. The first-order valence-corrected chi connectivity index (χ1v) is 12.1. The highest BCUT2D eigenvalue weighted by molar-refractivity contribution is 6.00. The number of methoxy groups -OCH3 is 1. The monoisotopic (exact) mass is 475 g/mol. The van der Waals surface area contributed by atoms with Gasteiger partial charge in [-0.15, -0.1) is 0 Å². The van der Waals surface area contributed by atoms with Crippen molar-refractivity contribution in [3.63, 3.8) is 0 Å². The van der Waals surface area contributed by atoms with E-state index in [0.29, 0.717) is 13.0 Å². The van der Waals surface area contributed by atoms with Crippen molar-refractivity contribution in [2.75, 3.05) is 38.6 Å². The molecule has 0 radical (unpaired) electrons. The standard InChI is InChI=1S/C27H33N5O3/c1-19-17-25(23-5-3-4-6-24(23)29-19)31-27(34)28-13-16-32-14-11-21(12-15-32)30-26(33)18-20-7-9-22(35-2)10-8-20/h3-10,17,21H,11-16,18H2,1-2H3,(H,30,33)(H2,28,29,31,34). The Hall–Kier alpha value is -3.65. The van der Waals surface area contributed by atoms with E-state index in [4.69, 9.17) is 4.74 Å². The Kier molecular flexibility index (Phi) is 8.15. The predicted molar refractivity (Wildman–Crippen MR) is 138 cm³/mol. The smallest absolute Gasteiger partial charge is 0.319 e. The number of hydrogen-bond acceptors (Lipinski definition) is 5. The summed E-state index contributed by atoms with van der Waals surface area (Å²) < 4.78 is 5.16. The lowest BCUT2D eigenvalue weighted by atomic mass is 10.0. The van der Waals surface area contributed by atoms with Gasteiger partial charge in [-0.2, -0.15) is 0 Å². The lowest BCUT2D eigenvalue weighted by Crippen LogP contribution is -2.47. The summed E-state index contributed by atoms with van der Waals surface area (Å²) in [5.74, 6) is 0.834. The molecule has 1 fully saturated rings. The summed E-state index contributed by atoms with van der Waals surface area (Å²) in [6, 6.07) is 17.2. The van der Waals surface area contributed by atoms with E-state index in [-0.39, 0.29) is 18.0 Å². The third-order valence-corrected chi connectivity index (χ3v) is 6.28. The van der Waals surface area contributed by atoms with Crippen molar-refractivity contribution in [3.8, 4) is 5.75 Å². The van der Waals surface area contributed by atoms with Crippen molar-refractivity contribution in [1.29, 1.82) is 0 Å². The zero-order valence-electron chi connectivity index (χ0n) is 20.3. The van der Waals surface area contributed by atoms with Gasteiger partial charge in [-0.25, -0.2) is 4.79 Å². The van der Waals surface area contributed by atoms with E-state index < -0.39 is 0 Å². The Morgan fingerprint density at radius 1 is 1.09 bits per heavy atom. The summed E-state index contributed by atoms with van der Waals surface area (Å²) in [5, 5.41) is 9.98. The fourth-order valence-electron chi connectivity index (χ4n) is 4.41. The number of nitrogens with zero attached hydrogens (tertiary/aromatic N) is 2. The fourth-order valence-corrected chi connectivity index (χ4v) is 4.41. The van der Waals surface area contributed by atoms with Crippen LogP contribution in [0, 0.1) is 6.92 Å². The van der Waals surface area contributed by atoms with Gasteiger partial charge < -0.3 is 25.6 Å². The van der Waals surface area contributed by atoms with Gasteiger partial charge in [-0.05, 0) is 49.6 Å². The highest BCUT2D eigenvalue weighted by Gasteiger charge is 2.20. The Morgan fingerprint density at radius 2 is 1.83 bits per heavy atom. The van der Waals surface area contributed by atoms with Crippen molar-refractivity contribution in [3.05, 3.63) is 65.9 Å². The molecule has 35 heavy (non-hydrogen) atoms. The molecular formula is C27H33N5O3. The van der Waals surface area contributed by atoms with Crippen LogP contribution in [-0.4, -0.2) is 61.2 Å². The molecule has 2 heterocycles. The maximum absolute atomic E-state index is 12.5. The average molecular weight is 476 g/mol. The summed E-state index contributed by atoms with van der Waals surface area (Å²) in [4.78, 5) is 31.7. The van der Waals surface area contributed by atoms with Crippen LogP contribution in [0.25, 0.3) is 10.9 Å². The first-order chi connectivity index (χ1) is 17.0. The zero-order valence-corrected chi connectivity index (χ0v) is 20.3. The summed E-state index contributed by atoms with van der Waals surface area (Å²) in [7, 11) is 1.63. The zero-order chi connectivity index (χ0) is 24.6. The highest BCUT2D eigenvalue weighted by atomic mass is 16.5. The molecule has 0 bridgehead atoms. The van der Waals surface area contributed by atoms with Crippen LogP contribution in [0.3, 0.4) is 0 Å². The van der Waals surface area contributed by atoms with Crippen molar-refractivity contribution in [2.24, 2.45) is 0 Å². The molecule has 0 spiro atoms. The second-order valence-electron chi connectivity index (χ2n) is 8.92. The molecule has 1 aromatic heterocycles. The number of piperidine rings is 1. The second-order valence-corrected chi connectivity index (χ2v) is 8.92. The van der Waals surface area contributed by atoms with Crippen molar-refractivity contribution < 1.29 is 14.3 Å². The van der Waals surface area contributed by atoms with Crippen LogP contribution in [0.2, 0.25) is 0 Å². The number of urea groups is 1. The van der Waals surface area contributed by atoms with Crippen LogP contribution in [0.4, 0.5) is 10.5 Å². The number of pyridine rings is 1. The maximum atomic E-state index is 12.5. The Bertz CT molecular complexity index is 1160. The molecule has 3 amide bonds. The minimum Gasteiger partial charge on any atom is -0.497 e. The van der Waals surface area contributed by atoms with E-state index in [0.717, 1.165) is 66.1 Å². The van der Waals surface area contributed by atoms with Gasteiger partial charge in [0.25, 0.3) is 0 Å². The largest absolute Gasteiger partial charge is 0.497 e. The molecule has 8 heteroatoms. The number of aromatic nitrogens is 1. The molecule has 8 nitrogen and oxygen atoms in total. The number of rotatable bonds is 8. The molecule has 0 aliphatic carbocycles. The van der Waals surface area contributed by atoms with Crippen LogP contribution in [-0.2, 0) is 11.2 Å². The van der Waals surface area contributed by atoms with Crippen LogP contribution in [0.1, 0.15) is 24.1 Å². The van der Waals surface area contributed by atoms with E-state index in [9.17, 15) is 9.59 Å². The molecule has 3 aromatic rings. The molecule has 0 saturated carbocycles. The summed E-state index contributed by atoms with van der Waals surface area (Å²) in [5.41, 5.74) is 3.46. The molecule has 0 atom stereocenters. The van der Waals surface area contributed by atoms with Gasteiger partial charge in [-0.3, -0.25) is 9.78 Å². The van der Waals surface area contributed by atoms with Gasteiger partial charge in [0.2, 0.25) is 5.91 Å². The second kappa shape index (κ2) is 11.7. The van der Waals surface area contributed by atoms with Crippen LogP contribution in [0.15, 0.2) is 54.6 Å². The van der Waals surface area contributed by atoms with E-state index in [1.54, 1.807) is 7.11 Å². The first-order valence-electron chi connectivity index (χ1n) is 12.1. The van der Waals surface area contributed by atoms with Crippen LogP contribution >= 0.6 is 0 Å². The van der Waals surface area contributed by atoms with E-state index in [1.165, 1.54) is 0 Å². The predicted octanol–water partition coefficient (Wildman–Crippen LogP) is 3.50. The lowest BCUT2D eigenvalue weighted by Gasteiger charge is -2.32. The number of anilines is 1. The molecule has 1 saturated heterocycles. The number of aryl methyl sites for hydroxylation is 1. The van der Waals surface area contributed by atoms with E-state index >= 15 is 0 Å². The number of ether oxygens (including phenoxy) is 1. The number of carbonyl (C=O) groups is 2. The van der Waals surface area contributed by atoms with Gasteiger partial charge in [0.05, 0.1) is 24.7 Å². The number of hydrogen-bond donors (Lipinski definition) is 3. The highest BCUT2D eigenvalue weighted by Crippen LogP contribution is 2.22. The average Bonchev–Trinajstić information content (AvgIpc) is 2.85. The normalized spacial score (nSPS) is 14.5. The summed E-state index contributed by atoms with van der Waals surface area (Å²) in [6.07, 6.45) is 2.18. The molecule has 3 N–H and O–H groups in total. The first kappa shape index (κ1) is 24.5.